The Morgan fingerprint density at radius 2 is 1.66 bits per heavy atom. The number of aryl methyl sites for hydroxylation is 2. The van der Waals surface area contributed by atoms with Crippen LogP contribution >= 0.6 is 0 Å². The van der Waals surface area contributed by atoms with Crippen LogP contribution in [0.3, 0.4) is 0 Å². The molecule has 2 aromatic rings. The third-order valence-electron chi connectivity index (χ3n) is 5.66. The maximum Gasteiger partial charge on any atom is 0.304 e. The molecule has 0 fully saturated rings. The highest BCUT2D eigenvalue weighted by Gasteiger charge is 2.34. The van der Waals surface area contributed by atoms with Crippen molar-refractivity contribution in [1.29, 1.82) is 0 Å². The molecule has 0 aliphatic heterocycles. The third-order valence-corrected chi connectivity index (χ3v) is 7.46. The number of rotatable bonds is 11. The maximum atomic E-state index is 13.7. The summed E-state index contributed by atoms with van der Waals surface area (Å²) in [6.45, 7) is 7.09. The van der Waals surface area contributed by atoms with Gasteiger partial charge in [0.05, 0.1) is 5.69 Å². The largest absolute Gasteiger partial charge is 0.355 e. The van der Waals surface area contributed by atoms with Gasteiger partial charge in [-0.2, -0.15) is 12.7 Å². The second-order valence-electron chi connectivity index (χ2n) is 8.55. The van der Waals surface area contributed by atoms with Crippen molar-refractivity contribution in [1.82, 2.24) is 14.5 Å². The first-order valence-corrected chi connectivity index (χ1v) is 12.9. The standard InChI is InChI=1S/C25H35FN4O4S/c1-7-22(25(32)27-8-2)29(16-20-11-13-21(26)14-12-20)24(31)17-30(35(33,34)28(5)6)23-15-18(3)9-10-19(23)4/h9-15,22H,7-8,16-17H2,1-6H3,(H,27,32). The van der Waals surface area contributed by atoms with Gasteiger partial charge in [-0.05, 0) is 62.1 Å². The van der Waals surface area contributed by atoms with E-state index < -0.39 is 34.5 Å². The molecule has 0 bridgehead atoms. The van der Waals surface area contributed by atoms with E-state index in [1.807, 2.05) is 13.0 Å². The number of carbonyl (C=O) groups excluding carboxylic acids is 2. The Morgan fingerprint density at radius 1 is 1.03 bits per heavy atom. The Hall–Kier alpha value is -2.98. The zero-order chi connectivity index (χ0) is 26.3. The topological polar surface area (TPSA) is 90.0 Å². The average Bonchev–Trinajstić information content (AvgIpc) is 2.80. The molecule has 0 saturated carbocycles. The van der Waals surface area contributed by atoms with E-state index in [1.165, 1.54) is 31.1 Å². The molecular formula is C25H35FN4O4S. The summed E-state index contributed by atoms with van der Waals surface area (Å²) in [6.07, 6.45) is 0.322. The monoisotopic (exact) mass is 506 g/mol. The van der Waals surface area contributed by atoms with Crippen LogP contribution in [0, 0.1) is 19.7 Å². The van der Waals surface area contributed by atoms with E-state index in [1.54, 1.807) is 45.0 Å². The van der Waals surface area contributed by atoms with Crippen molar-refractivity contribution in [3.63, 3.8) is 0 Å². The van der Waals surface area contributed by atoms with Crippen LogP contribution < -0.4 is 9.62 Å². The molecule has 35 heavy (non-hydrogen) atoms. The number of carbonyl (C=O) groups is 2. The van der Waals surface area contributed by atoms with Gasteiger partial charge < -0.3 is 10.2 Å². The zero-order valence-corrected chi connectivity index (χ0v) is 22.0. The number of hydrogen-bond acceptors (Lipinski definition) is 4. The smallest absolute Gasteiger partial charge is 0.304 e. The highest BCUT2D eigenvalue weighted by molar-refractivity contribution is 7.90. The van der Waals surface area contributed by atoms with Crippen molar-refractivity contribution >= 4 is 27.7 Å². The van der Waals surface area contributed by atoms with Gasteiger partial charge in [0.25, 0.3) is 0 Å². The van der Waals surface area contributed by atoms with E-state index in [0.717, 1.165) is 14.2 Å². The van der Waals surface area contributed by atoms with Crippen LogP contribution in [0.5, 0.6) is 0 Å². The minimum absolute atomic E-state index is 0.0252. The molecule has 10 heteroatoms. The summed E-state index contributed by atoms with van der Waals surface area (Å²) in [6, 6.07) is 10.2. The summed E-state index contributed by atoms with van der Waals surface area (Å²) >= 11 is 0. The van der Waals surface area contributed by atoms with Crippen molar-refractivity contribution in [3.05, 3.63) is 65.0 Å². The molecule has 2 rings (SSSR count). The molecule has 1 N–H and O–H groups in total. The van der Waals surface area contributed by atoms with Crippen LogP contribution in [0.15, 0.2) is 42.5 Å². The SMILES string of the molecule is CCNC(=O)C(CC)N(Cc1ccc(F)cc1)C(=O)CN(c1cc(C)ccc1C)S(=O)(=O)N(C)C. The first kappa shape index (κ1) is 28.3. The fourth-order valence-corrected chi connectivity index (χ4v) is 4.80. The summed E-state index contributed by atoms with van der Waals surface area (Å²) in [5.74, 6) is -1.29. The van der Waals surface area contributed by atoms with Crippen molar-refractivity contribution in [2.45, 2.75) is 46.7 Å². The van der Waals surface area contributed by atoms with Gasteiger partial charge in [0.15, 0.2) is 0 Å². The fourth-order valence-electron chi connectivity index (χ4n) is 3.69. The van der Waals surface area contributed by atoms with Gasteiger partial charge in [-0.3, -0.25) is 9.59 Å². The number of amides is 2. The predicted octanol–water partition coefficient (Wildman–Crippen LogP) is 3.00. The molecule has 8 nitrogen and oxygen atoms in total. The lowest BCUT2D eigenvalue weighted by Gasteiger charge is -2.34. The second-order valence-corrected chi connectivity index (χ2v) is 10.6. The Morgan fingerprint density at radius 3 is 2.20 bits per heavy atom. The van der Waals surface area contributed by atoms with Crippen molar-refractivity contribution in [2.24, 2.45) is 0 Å². The van der Waals surface area contributed by atoms with E-state index in [4.69, 9.17) is 0 Å². The van der Waals surface area contributed by atoms with E-state index in [2.05, 4.69) is 5.32 Å². The minimum Gasteiger partial charge on any atom is -0.355 e. The number of benzene rings is 2. The fraction of sp³-hybridized carbons (Fsp3) is 0.440. The lowest BCUT2D eigenvalue weighted by Crippen LogP contribution is -2.53. The number of hydrogen-bond donors (Lipinski definition) is 1. The van der Waals surface area contributed by atoms with E-state index in [-0.39, 0.29) is 12.5 Å². The molecule has 1 atom stereocenters. The Labute approximate surface area is 207 Å². The predicted molar refractivity (Wildman–Crippen MR) is 136 cm³/mol. The van der Waals surface area contributed by atoms with Gasteiger partial charge in [0.2, 0.25) is 11.8 Å². The van der Waals surface area contributed by atoms with Crippen LogP contribution in [0.1, 0.15) is 37.0 Å². The average molecular weight is 507 g/mol. The molecule has 2 aromatic carbocycles. The number of halogens is 1. The van der Waals surface area contributed by atoms with Crippen molar-refractivity contribution in [2.75, 3.05) is 31.5 Å². The van der Waals surface area contributed by atoms with Gasteiger partial charge >= 0.3 is 10.2 Å². The van der Waals surface area contributed by atoms with Crippen LogP contribution in [0.25, 0.3) is 0 Å². The number of nitrogens with zero attached hydrogens (tertiary/aromatic N) is 3. The van der Waals surface area contributed by atoms with Crippen LogP contribution in [0.2, 0.25) is 0 Å². The van der Waals surface area contributed by atoms with Crippen LogP contribution in [-0.4, -0.2) is 62.7 Å². The number of nitrogens with one attached hydrogen (secondary N) is 1. The van der Waals surface area contributed by atoms with Gasteiger partial charge in [-0.1, -0.05) is 31.2 Å². The molecule has 192 valence electrons. The molecule has 0 aliphatic carbocycles. The lowest BCUT2D eigenvalue weighted by atomic mass is 10.1. The summed E-state index contributed by atoms with van der Waals surface area (Å²) in [4.78, 5) is 27.9. The third kappa shape index (κ3) is 7.02. The highest BCUT2D eigenvalue weighted by Crippen LogP contribution is 2.26. The minimum atomic E-state index is -4.03. The summed E-state index contributed by atoms with van der Waals surface area (Å²) in [7, 11) is -1.23. The lowest BCUT2D eigenvalue weighted by molar-refractivity contribution is -0.140. The quantitative estimate of drug-likeness (QED) is 0.507. The van der Waals surface area contributed by atoms with E-state index >= 15 is 0 Å². The van der Waals surface area contributed by atoms with Gasteiger partial charge in [-0.25, -0.2) is 8.70 Å². The first-order chi connectivity index (χ1) is 16.4. The molecule has 0 saturated heterocycles. The van der Waals surface area contributed by atoms with Gasteiger partial charge in [0.1, 0.15) is 18.4 Å². The normalized spacial score (nSPS) is 12.3. The van der Waals surface area contributed by atoms with Gasteiger partial charge in [-0.15, -0.1) is 0 Å². The van der Waals surface area contributed by atoms with Crippen molar-refractivity contribution in [3.8, 4) is 0 Å². The molecular weight excluding hydrogens is 471 g/mol. The second kappa shape index (κ2) is 12.1. The Balaban J connectivity index is 2.54. The molecule has 2 amide bonds. The molecule has 0 aliphatic rings. The zero-order valence-electron chi connectivity index (χ0n) is 21.2. The first-order valence-electron chi connectivity index (χ1n) is 11.5. The Kier molecular flexibility index (Phi) is 9.79. The van der Waals surface area contributed by atoms with Crippen LogP contribution in [-0.2, 0) is 26.3 Å². The van der Waals surface area contributed by atoms with Crippen molar-refractivity contribution < 1.29 is 22.4 Å². The molecule has 1 unspecified atom stereocenters. The summed E-state index contributed by atoms with van der Waals surface area (Å²) in [5, 5.41) is 2.74. The molecule has 0 radical (unpaired) electrons. The Bertz CT molecular complexity index is 1140. The summed E-state index contributed by atoms with van der Waals surface area (Å²) in [5.41, 5.74) is 2.54. The summed E-state index contributed by atoms with van der Waals surface area (Å²) < 4.78 is 42.1. The number of likely N-dealkylation sites (N-methyl/N-ethyl adjacent to an activating group) is 1. The highest BCUT2D eigenvalue weighted by atomic mass is 32.2. The van der Waals surface area contributed by atoms with E-state index in [9.17, 15) is 22.4 Å². The van der Waals surface area contributed by atoms with Crippen LogP contribution in [0.4, 0.5) is 10.1 Å². The molecule has 0 aromatic heterocycles. The van der Waals surface area contributed by atoms with Gasteiger partial charge in [0, 0.05) is 27.2 Å². The maximum absolute atomic E-state index is 13.7. The van der Waals surface area contributed by atoms with E-state index in [0.29, 0.717) is 29.8 Å². The molecule has 0 heterocycles. The molecule has 0 spiro atoms. The number of anilines is 1.